The number of hydrogen-bond acceptors (Lipinski definition) is 7. The maximum Gasteiger partial charge on any atom is 0.303 e. The zero-order valence-corrected chi connectivity index (χ0v) is 22.1. The molecule has 1 aliphatic heterocycles. The number of H-pyrrole nitrogens is 1. The fraction of sp³-hybridized carbons (Fsp3) is 0.360. The van der Waals surface area contributed by atoms with Crippen molar-refractivity contribution in [1.82, 2.24) is 19.3 Å². The van der Waals surface area contributed by atoms with Gasteiger partial charge in [-0.3, -0.25) is 28.7 Å². The lowest BCUT2D eigenvalue weighted by Crippen LogP contribution is -2.31. The number of aromatic amines is 1. The second-order valence-electron chi connectivity index (χ2n) is 8.73. The number of carboxylic acid groups (broad SMARTS) is 1. The van der Waals surface area contributed by atoms with Crippen LogP contribution >= 0.6 is 24.0 Å². The summed E-state index contributed by atoms with van der Waals surface area (Å²) >= 11 is 6.59. The van der Waals surface area contributed by atoms with Crippen LogP contribution in [0.3, 0.4) is 0 Å². The highest BCUT2D eigenvalue weighted by molar-refractivity contribution is 8.26. The standard InChI is InChI=1S/C25H28N6O4S2/c1-17-7-5-13-30-22(17)28-21(27-9-6-11-29-14-10-26-16-29)18(23(30)34)15-19-24(35)31(25(36)37-19)12-4-2-3-8-20(32)33/h5,7,10,13-16H,2-4,6,8-9,11-12H2,1H3,(H2,27,32,33,34,35)/p+1. The van der Waals surface area contributed by atoms with Gasteiger partial charge in [-0.15, -0.1) is 0 Å². The van der Waals surface area contributed by atoms with Gasteiger partial charge in [0.1, 0.15) is 28.2 Å². The molecule has 0 aromatic carbocycles. The van der Waals surface area contributed by atoms with E-state index in [1.54, 1.807) is 18.3 Å². The number of pyridine rings is 1. The summed E-state index contributed by atoms with van der Waals surface area (Å²) in [7, 11) is 0. The number of thiocarbonyl (C=S) groups is 1. The van der Waals surface area contributed by atoms with Gasteiger partial charge in [-0.05, 0) is 37.5 Å². The summed E-state index contributed by atoms with van der Waals surface area (Å²) in [6.45, 7) is 3.69. The van der Waals surface area contributed by atoms with E-state index in [1.807, 2.05) is 36.3 Å². The van der Waals surface area contributed by atoms with Gasteiger partial charge in [-0.2, -0.15) is 0 Å². The van der Waals surface area contributed by atoms with Crippen molar-refractivity contribution in [3.63, 3.8) is 0 Å². The third-order valence-electron chi connectivity index (χ3n) is 5.99. The number of carbonyl (C=O) groups is 2. The molecule has 0 bridgehead atoms. The Labute approximate surface area is 223 Å². The first kappa shape index (κ1) is 26.6. The van der Waals surface area contributed by atoms with Gasteiger partial charge in [-0.1, -0.05) is 36.5 Å². The molecule has 0 saturated carbocycles. The zero-order valence-electron chi connectivity index (χ0n) is 20.5. The number of hydrogen-bond donors (Lipinski definition) is 3. The number of aliphatic carboxylic acids is 1. The SMILES string of the molecule is Cc1cccn2c(=O)c(C=C3SC(=S)N(CCCCCC(=O)O)C3=O)c(NCCC[n+]3cc[nH]c3)nc12. The second-order valence-corrected chi connectivity index (χ2v) is 10.4. The van der Waals surface area contributed by atoms with Crippen molar-refractivity contribution in [2.45, 2.75) is 45.6 Å². The molecule has 1 amide bonds. The van der Waals surface area contributed by atoms with Crippen LogP contribution < -0.4 is 15.4 Å². The van der Waals surface area contributed by atoms with E-state index in [1.165, 1.54) is 9.30 Å². The zero-order chi connectivity index (χ0) is 26.4. The number of rotatable bonds is 12. The molecule has 4 heterocycles. The number of nitrogens with zero attached hydrogens (tertiary/aromatic N) is 4. The van der Waals surface area contributed by atoms with E-state index in [4.69, 9.17) is 22.3 Å². The van der Waals surface area contributed by atoms with Crippen molar-refractivity contribution in [3.05, 3.63) is 63.4 Å². The number of amides is 1. The Bertz CT molecular complexity index is 1400. The second kappa shape index (κ2) is 12.2. The molecule has 1 fully saturated rings. The van der Waals surface area contributed by atoms with Crippen molar-refractivity contribution >= 4 is 57.7 Å². The Morgan fingerprint density at radius 2 is 2.14 bits per heavy atom. The fourth-order valence-corrected chi connectivity index (χ4v) is 5.34. The highest BCUT2D eigenvalue weighted by Gasteiger charge is 2.32. The van der Waals surface area contributed by atoms with Crippen LogP contribution in [0.2, 0.25) is 0 Å². The number of carboxylic acids is 1. The summed E-state index contributed by atoms with van der Waals surface area (Å²) in [5.41, 5.74) is 1.46. The summed E-state index contributed by atoms with van der Waals surface area (Å²) < 4.78 is 3.95. The molecule has 3 aromatic heterocycles. The van der Waals surface area contributed by atoms with Gasteiger partial charge in [-0.25, -0.2) is 9.55 Å². The van der Waals surface area contributed by atoms with Crippen molar-refractivity contribution in [2.24, 2.45) is 0 Å². The van der Waals surface area contributed by atoms with E-state index in [0.29, 0.717) is 58.6 Å². The van der Waals surface area contributed by atoms with Gasteiger partial charge < -0.3 is 10.4 Å². The molecule has 0 spiro atoms. The number of nitrogens with one attached hydrogen (secondary N) is 2. The van der Waals surface area contributed by atoms with E-state index in [2.05, 4.69) is 10.3 Å². The Morgan fingerprint density at radius 3 is 2.89 bits per heavy atom. The topological polar surface area (TPSA) is 124 Å². The molecule has 0 unspecified atom stereocenters. The van der Waals surface area contributed by atoms with Gasteiger partial charge in [0.2, 0.25) is 6.33 Å². The molecule has 0 radical (unpaired) electrons. The maximum absolute atomic E-state index is 13.5. The number of fused-ring (bicyclic) bond motifs is 1. The average molecular weight is 542 g/mol. The van der Waals surface area contributed by atoms with Crippen LogP contribution in [0, 0.1) is 6.92 Å². The van der Waals surface area contributed by atoms with Gasteiger partial charge in [0.05, 0.1) is 17.0 Å². The van der Waals surface area contributed by atoms with Crippen LogP contribution in [-0.2, 0) is 16.1 Å². The third kappa shape index (κ3) is 6.44. The number of aryl methyl sites for hydroxylation is 2. The molecule has 1 saturated heterocycles. The quantitative estimate of drug-likeness (QED) is 0.138. The lowest BCUT2D eigenvalue weighted by Gasteiger charge is -2.14. The average Bonchev–Trinajstić information content (AvgIpc) is 3.47. The van der Waals surface area contributed by atoms with Crippen molar-refractivity contribution in [3.8, 4) is 0 Å². The van der Waals surface area contributed by atoms with Crippen LogP contribution in [0.25, 0.3) is 11.7 Å². The molecule has 37 heavy (non-hydrogen) atoms. The van der Waals surface area contributed by atoms with E-state index >= 15 is 0 Å². The van der Waals surface area contributed by atoms with Crippen LogP contribution in [0.4, 0.5) is 5.82 Å². The fourth-order valence-electron chi connectivity index (χ4n) is 4.05. The van der Waals surface area contributed by atoms with Crippen molar-refractivity contribution < 1.29 is 19.3 Å². The monoisotopic (exact) mass is 541 g/mol. The summed E-state index contributed by atoms with van der Waals surface area (Å²) in [5, 5.41) is 12.1. The number of thioether (sulfide) groups is 1. The minimum atomic E-state index is -0.827. The Morgan fingerprint density at radius 1 is 1.30 bits per heavy atom. The molecular weight excluding hydrogens is 512 g/mol. The van der Waals surface area contributed by atoms with Gasteiger partial charge in [0, 0.05) is 32.1 Å². The van der Waals surface area contributed by atoms with Gasteiger partial charge in [0.25, 0.3) is 11.5 Å². The summed E-state index contributed by atoms with van der Waals surface area (Å²) in [6.07, 6.45) is 11.7. The molecular formula is C25H29N6O4S2+. The molecule has 3 N–H and O–H groups in total. The number of carbonyl (C=O) groups excluding carboxylic acids is 1. The lowest BCUT2D eigenvalue weighted by atomic mass is 10.2. The normalized spacial score (nSPS) is 14.7. The molecule has 1 aliphatic rings. The third-order valence-corrected chi connectivity index (χ3v) is 7.37. The smallest absolute Gasteiger partial charge is 0.303 e. The highest BCUT2D eigenvalue weighted by atomic mass is 32.2. The highest BCUT2D eigenvalue weighted by Crippen LogP contribution is 2.33. The van der Waals surface area contributed by atoms with Crippen LogP contribution in [0.1, 0.15) is 43.2 Å². The Kier molecular flexibility index (Phi) is 8.72. The Hall–Kier alpha value is -3.51. The molecule has 3 aromatic rings. The van der Waals surface area contributed by atoms with Crippen molar-refractivity contribution in [2.75, 3.05) is 18.4 Å². The van der Waals surface area contributed by atoms with Crippen LogP contribution in [0.15, 0.2) is 46.8 Å². The molecule has 0 atom stereocenters. The summed E-state index contributed by atoms with van der Waals surface area (Å²) in [5.74, 6) is -0.652. The van der Waals surface area contributed by atoms with Crippen LogP contribution in [-0.4, -0.2) is 53.7 Å². The predicted molar refractivity (Wildman–Crippen MR) is 146 cm³/mol. The minimum Gasteiger partial charge on any atom is -0.481 e. The van der Waals surface area contributed by atoms with Crippen molar-refractivity contribution in [1.29, 1.82) is 0 Å². The molecule has 194 valence electrons. The number of unbranched alkanes of at least 4 members (excludes halogenated alkanes) is 2. The molecule has 12 heteroatoms. The minimum absolute atomic E-state index is 0.107. The van der Waals surface area contributed by atoms with E-state index in [9.17, 15) is 14.4 Å². The summed E-state index contributed by atoms with van der Waals surface area (Å²) in [4.78, 5) is 46.9. The number of aromatic nitrogens is 4. The molecule has 4 rings (SSSR count). The lowest BCUT2D eigenvalue weighted by molar-refractivity contribution is -0.695. The van der Waals surface area contributed by atoms with Gasteiger partial charge in [0.15, 0.2) is 0 Å². The molecule has 0 aliphatic carbocycles. The van der Waals surface area contributed by atoms with E-state index in [-0.39, 0.29) is 17.9 Å². The number of anilines is 1. The largest absolute Gasteiger partial charge is 0.481 e. The predicted octanol–water partition coefficient (Wildman–Crippen LogP) is 2.97. The molecule has 10 nitrogen and oxygen atoms in total. The number of imidazole rings is 1. The Balaban J connectivity index is 1.55. The van der Waals surface area contributed by atoms with E-state index in [0.717, 1.165) is 30.3 Å². The van der Waals surface area contributed by atoms with Crippen LogP contribution in [0.5, 0.6) is 0 Å². The maximum atomic E-state index is 13.5. The first-order valence-corrected chi connectivity index (χ1v) is 13.3. The first-order valence-electron chi connectivity index (χ1n) is 12.1. The van der Waals surface area contributed by atoms with Gasteiger partial charge >= 0.3 is 5.97 Å². The first-order chi connectivity index (χ1) is 17.8. The summed E-state index contributed by atoms with van der Waals surface area (Å²) in [6, 6.07) is 3.69. The van der Waals surface area contributed by atoms with E-state index < -0.39 is 5.97 Å².